The Labute approximate surface area is 114 Å². The van der Waals surface area contributed by atoms with Crippen LogP contribution in [0, 0.1) is 0 Å². The normalized spacial score (nSPS) is 10.6. The Morgan fingerprint density at radius 2 is 1.95 bits per heavy atom. The van der Waals surface area contributed by atoms with E-state index in [-0.39, 0.29) is 0 Å². The van der Waals surface area contributed by atoms with Crippen LogP contribution in [0.3, 0.4) is 0 Å². The van der Waals surface area contributed by atoms with Gasteiger partial charge in [0, 0.05) is 23.0 Å². The lowest BCUT2D eigenvalue weighted by Gasteiger charge is -1.99. The molecule has 19 heavy (non-hydrogen) atoms. The second-order valence-corrected chi connectivity index (χ2v) is 4.45. The molecular weight excluding hydrogens is 262 g/mol. The Morgan fingerprint density at radius 1 is 1.11 bits per heavy atom. The van der Waals surface area contributed by atoms with Crippen molar-refractivity contribution < 1.29 is 0 Å². The number of pyridine rings is 1. The van der Waals surface area contributed by atoms with Gasteiger partial charge in [-0.1, -0.05) is 23.7 Å². The third-order valence-corrected chi connectivity index (χ3v) is 2.84. The molecule has 0 aliphatic heterocycles. The van der Waals surface area contributed by atoms with Crippen molar-refractivity contribution in [2.24, 2.45) is 0 Å². The van der Waals surface area contributed by atoms with Crippen LogP contribution in [-0.2, 0) is 6.54 Å². The van der Waals surface area contributed by atoms with Crippen LogP contribution >= 0.6 is 11.6 Å². The van der Waals surface area contributed by atoms with Gasteiger partial charge in [-0.25, -0.2) is 0 Å². The molecule has 0 amide bonds. The zero-order chi connectivity index (χ0) is 13.1. The maximum absolute atomic E-state index is 5.94. The van der Waals surface area contributed by atoms with Gasteiger partial charge in [-0.3, -0.25) is 4.98 Å². The molecule has 0 saturated heterocycles. The van der Waals surface area contributed by atoms with Gasteiger partial charge in [-0.15, -0.1) is 10.2 Å². The summed E-state index contributed by atoms with van der Waals surface area (Å²) < 4.78 is 0. The molecular formula is C13H10ClN5. The molecule has 0 N–H and O–H groups in total. The first-order valence-corrected chi connectivity index (χ1v) is 6.12. The first kappa shape index (κ1) is 11.8. The monoisotopic (exact) mass is 271 g/mol. The SMILES string of the molecule is Clc1cccc(Cn2nnc(-c3ccncc3)n2)c1. The third kappa shape index (κ3) is 2.77. The number of benzene rings is 1. The van der Waals surface area contributed by atoms with Crippen molar-refractivity contribution in [3.8, 4) is 11.4 Å². The van der Waals surface area contributed by atoms with E-state index in [1.54, 1.807) is 17.2 Å². The molecule has 1 aromatic carbocycles. The standard InChI is InChI=1S/C13H10ClN5/c14-12-3-1-2-10(8-12)9-19-17-13(16-18-19)11-4-6-15-7-5-11/h1-8H,9H2. The molecule has 0 atom stereocenters. The molecule has 3 rings (SSSR count). The van der Waals surface area contributed by atoms with Crippen molar-refractivity contribution in [3.63, 3.8) is 0 Å². The molecule has 0 fully saturated rings. The van der Waals surface area contributed by atoms with E-state index in [0.29, 0.717) is 17.4 Å². The predicted molar refractivity (Wildman–Crippen MR) is 71.6 cm³/mol. The van der Waals surface area contributed by atoms with Gasteiger partial charge in [0.15, 0.2) is 0 Å². The number of hydrogen-bond acceptors (Lipinski definition) is 4. The van der Waals surface area contributed by atoms with Crippen molar-refractivity contribution >= 4 is 11.6 Å². The molecule has 94 valence electrons. The van der Waals surface area contributed by atoms with Gasteiger partial charge < -0.3 is 0 Å². The highest BCUT2D eigenvalue weighted by Gasteiger charge is 2.05. The summed E-state index contributed by atoms with van der Waals surface area (Å²) in [5, 5.41) is 13.1. The lowest BCUT2D eigenvalue weighted by Crippen LogP contribution is -2.03. The molecule has 0 bridgehead atoms. The van der Waals surface area contributed by atoms with Crippen LogP contribution in [0.2, 0.25) is 5.02 Å². The third-order valence-electron chi connectivity index (χ3n) is 2.60. The van der Waals surface area contributed by atoms with E-state index >= 15 is 0 Å². The van der Waals surface area contributed by atoms with Gasteiger partial charge in [-0.05, 0) is 35.0 Å². The summed E-state index contributed by atoms with van der Waals surface area (Å²) in [5.41, 5.74) is 1.93. The molecule has 0 radical (unpaired) electrons. The first-order chi connectivity index (χ1) is 9.31. The summed E-state index contributed by atoms with van der Waals surface area (Å²) in [5.74, 6) is 0.587. The van der Waals surface area contributed by atoms with E-state index in [0.717, 1.165) is 11.1 Å². The molecule has 0 aliphatic rings. The average Bonchev–Trinajstić information content (AvgIpc) is 2.88. The highest BCUT2D eigenvalue weighted by Crippen LogP contribution is 2.13. The van der Waals surface area contributed by atoms with E-state index in [4.69, 9.17) is 11.6 Å². The molecule has 0 saturated carbocycles. The summed E-state index contributed by atoms with van der Waals surface area (Å²) in [7, 11) is 0. The minimum atomic E-state index is 0.540. The van der Waals surface area contributed by atoms with Crippen LogP contribution in [0.1, 0.15) is 5.56 Å². The van der Waals surface area contributed by atoms with Gasteiger partial charge in [0.05, 0.1) is 6.54 Å². The lowest BCUT2D eigenvalue weighted by atomic mass is 10.2. The zero-order valence-electron chi connectivity index (χ0n) is 9.94. The van der Waals surface area contributed by atoms with E-state index in [9.17, 15) is 0 Å². The van der Waals surface area contributed by atoms with E-state index in [1.807, 2.05) is 36.4 Å². The number of nitrogens with zero attached hydrogens (tertiary/aromatic N) is 5. The predicted octanol–water partition coefficient (Wildman–Crippen LogP) is 2.44. The van der Waals surface area contributed by atoms with E-state index < -0.39 is 0 Å². The van der Waals surface area contributed by atoms with E-state index in [2.05, 4.69) is 20.4 Å². The number of rotatable bonds is 3. The Bertz CT molecular complexity index is 680. The van der Waals surface area contributed by atoms with Crippen LogP contribution in [0.4, 0.5) is 0 Å². The number of hydrogen-bond donors (Lipinski definition) is 0. The molecule has 0 unspecified atom stereocenters. The van der Waals surface area contributed by atoms with Crippen LogP contribution < -0.4 is 0 Å². The average molecular weight is 272 g/mol. The fourth-order valence-electron chi connectivity index (χ4n) is 1.73. The quantitative estimate of drug-likeness (QED) is 0.734. The van der Waals surface area contributed by atoms with Crippen LogP contribution in [0.5, 0.6) is 0 Å². The second kappa shape index (κ2) is 5.16. The van der Waals surface area contributed by atoms with Crippen molar-refractivity contribution in [2.45, 2.75) is 6.54 Å². The number of aromatic nitrogens is 5. The van der Waals surface area contributed by atoms with Gasteiger partial charge >= 0.3 is 0 Å². The first-order valence-electron chi connectivity index (χ1n) is 5.74. The zero-order valence-corrected chi connectivity index (χ0v) is 10.7. The van der Waals surface area contributed by atoms with Crippen molar-refractivity contribution in [1.29, 1.82) is 0 Å². The smallest absolute Gasteiger partial charge is 0.205 e. The highest BCUT2D eigenvalue weighted by molar-refractivity contribution is 6.30. The van der Waals surface area contributed by atoms with Gasteiger partial charge in [0.1, 0.15) is 0 Å². The van der Waals surface area contributed by atoms with Crippen LogP contribution in [-0.4, -0.2) is 25.2 Å². The Morgan fingerprint density at radius 3 is 2.74 bits per heavy atom. The number of halogens is 1. The van der Waals surface area contributed by atoms with Gasteiger partial charge in [0.25, 0.3) is 0 Å². The molecule has 2 heterocycles. The molecule has 0 spiro atoms. The Balaban J connectivity index is 1.82. The Kier molecular flexibility index (Phi) is 3.20. The lowest BCUT2D eigenvalue weighted by molar-refractivity contribution is 0.573. The summed E-state index contributed by atoms with van der Waals surface area (Å²) >= 11 is 5.94. The molecule has 0 aliphatic carbocycles. The van der Waals surface area contributed by atoms with Crippen molar-refractivity contribution in [2.75, 3.05) is 0 Å². The van der Waals surface area contributed by atoms with Crippen molar-refractivity contribution in [1.82, 2.24) is 25.2 Å². The summed E-state index contributed by atoms with van der Waals surface area (Å²) in [6, 6.07) is 11.3. The summed E-state index contributed by atoms with van der Waals surface area (Å²) in [6.07, 6.45) is 3.40. The van der Waals surface area contributed by atoms with Crippen LogP contribution in [0.25, 0.3) is 11.4 Å². The fourth-order valence-corrected chi connectivity index (χ4v) is 1.94. The largest absolute Gasteiger partial charge is 0.265 e. The maximum atomic E-state index is 5.94. The summed E-state index contributed by atoms with van der Waals surface area (Å²) in [6.45, 7) is 0.540. The maximum Gasteiger partial charge on any atom is 0.205 e. The van der Waals surface area contributed by atoms with Crippen LogP contribution in [0.15, 0.2) is 48.8 Å². The minimum absolute atomic E-state index is 0.540. The number of tetrazole rings is 1. The molecule has 2 aromatic heterocycles. The highest BCUT2D eigenvalue weighted by atomic mass is 35.5. The Hall–Kier alpha value is -2.27. The topological polar surface area (TPSA) is 56.5 Å². The summed E-state index contributed by atoms with van der Waals surface area (Å²) in [4.78, 5) is 5.50. The second-order valence-electron chi connectivity index (χ2n) is 4.01. The fraction of sp³-hybridized carbons (Fsp3) is 0.0769. The molecule has 3 aromatic rings. The van der Waals surface area contributed by atoms with E-state index in [1.165, 1.54) is 0 Å². The molecule has 5 nitrogen and oxygen atoms in total. The van der Waals surface area contributed by atoms with Gasteiger partial charge in [0.2, 0.25) is 5.82 Å². The van der Waals surface area contributed by atoms with Gasteiger partial charge in [-0.2, -0.15) is 4.80 Å². The van der Waals surface area contributed by atoms with Crippen molar-refractivity contribution in [3.05, 3.63) is 59.4 Å². The molecule has 6 heteroatoms. The minimum Gasteiger partial charge on any atom is -0.265 e.